The fourth-order valence-corrected chi connectivity index (χ4v) is 5.09. The second-order valence-electron chi connectivity index (χ2n) is 9.27. The number of carbonyl (C=O) groups excluding carboxylic acids is 4. The van der Waals surface area contributed by atoms with Crippen LogP contribution in [-0.2, 0) is 19.7 Å². The first-order valence-electron chi connectivity index (χ1n) is 11.2. The van der Waals surface area contributed by atoms with Gasteiger partial charge in [-0.15, -0.1) is 11.3 Å². The summed E-state index contributed by atoms with van der Waals surface area (Å²) in [7, 11) is 1.26. The van der Waals surface area contributed by atoms with Gasteiger partial charge in [0.15, 0.2) is 0 Å². The van der Waals surface area contributed by atoms with Crippen LogP contribution in [0.3, 0.4) is 0 Å². The van der Waals surface area contributed by atoms with Crippen molar-refractivity contribution in [2.24, 2.45) is 0 Å². The minimum Gasteiger partial charge on any atom is -0.469 e. The summed E-state index contributed by atoms with van der Waals surface area (Å²) in [6, 6.07) is 5.31. The summed E-state index contributed by atoms with van der Waals surface area (Å²) in [5.41, 5.74) is 0.285. The van der Waals surface area contributed by atoms with Crippen LogP contribution in [-0.4, -0.2) is 55.0 Å². The number of nitrogens with one attached hydrogen (secondary N) is 3. The number of halogens is 2. The van der Waals surface area contributed by atoms with E-state index in [0.29, 0.717) is 10.7 Å². The van der Waals surface area contributed by atoms with E-state index in [9.17, 15) is 19.2 Å². The fourth-order valence-electron chi connectivity index (χ4n) is 3.64. The third kappa shape index (κ3) is 6.68. The van der Waals surface area contributed by atoms with Gasteiger partial charge in [0.05, 0.1) is 40.9 Å². The molecule has 194 valence electrons. The number of hydrogen-bond acceptors (Lipinski definition) is 6. The van der Waals surface area contributed by atoms with E-state index in [1.54, 1.807) is 24.3 Å². The average Bonchev–Trinajstić information content (AvgIpc) is 3.14. The predicted molar refractivity (Wildman–Crippen MR) is 141 cm³/mol. The predicted octanol–water partition coefficient (Wildman–Crippen LogP) is 4.89. The molecule has 0 spiro atoms. The lowest BCUT2D eigenvalue weighted by Crippen LogP contribution is -2.42. The summed E-state index contributed by atoms with van der Waals surface area (Å²) in [6.45, 7) is 6.44. The molecule has 2 heterocycles. The zero-order valence-electron chi connectivity index (χ0n) is 20.4. The molecule has 0 bridgehead atoms. The molecule has 1 atom stereocenters. The molecule has 0 saturated carbocycles. The smallest absolute Gasteiger partial charge is 0.324 e. The van der Waals surface area contributed by atoms with E-state index in [4.69, 9.17) is 27.9 Å². The molecule has 1 unspecified atom stereocenters. The molecular weight excluding hydrogens is 527 g/mol. The molecule has 36 heavy (non-hydrogen) atoms. The highest BCUT2D eigenvalue weighted by molar-refractivity contribution is 7.16. The van der Waals surface area contributed by atoms with Crippen molar-refractivity contribution < 1.29 is 23.9 Å². The summed E-state index contributed by atoms with van der Waals surface area (Å²) in [4.78, 5) is 53.1. The molecule has 3 rings (SSSR count). The zero-order valence-corrected chi connectivity index (χ0v) is 22.7. The van der Waals surface area contributed by atoms with Gasteiger partial charge >= 0.3 is 12.0 Å². The number of hydrogen-bond donors (Lipinski definition) is 3. The third-order valence-electron chi connectivity index (χ3n) is 5.56. The molecule has 1 fully saturated rings. The van der Waals surface area contributed by atoms with Gasteiger partial charge in [0.2, 0.25) is 5.91 Å². The Kier molecular flexibility index (Phi) is 8.86. The number of anilines is 2. The van der Waals surface area contributed by atoms with Crippen LogP contribution in [0, 0.1) is 0 Å². The summed E-state index contributed by atoms with van der Waals surface area (Å²) in [6.07, 6.45) is -0.157. The van der Waals surface area contributed by atoms with Crippen molar-refractivity contribution in [2.75, 3.05) is 30.8 Å². The lowest BCUT2D eigenvalue weighted by molar-refractivity contribution is -0.141. The number of amides is 4. The molecule has 1 aromatic carbocycles. The number of carbonyl (C=O) groups is 4. The molecule has 1 aromatic heterocycles. The van der Waals surface area contributed by atoms with Gasteiger partial charge in [-0.1, -0.05) is 50.0 Å². The van der Waals surface area contributed by atoms with Crippen LogP contribution in [0.2, 0.25) is 10.0 Å². The number of benzene rings is 1. The number of methoxy groups -OCH3 is 1. The average molecular weight is 555 g/mol. The summed E-state index contributed by atoms with van der Waals surface area (Å²) < 4.78 is 4.77. The van der Waals surface area contributed by atoms with Gasteiger partial charge in [-0.05, 0) is 23.6 Å². The number of esters is 1. The highest BCUT2D eigenvalue weighted by atomic mass is 35.5. The topological polar surface area (TPSA) is 117 Å². The Bertz CT molecular complexity index is 1180. The number of urea groups is 1. The van der Waals surface area contributed by atoms with E-state index in [2.05, 4.69) is 16.0 Å². The van der Waals surface area contributed by atoms with Crippen LogP contribution in [0.25, 0.3) is 0 Å². The van der Waals surface area contributed by atoms with Gasteiger partial charge in [0, 0.05) is 24.4 Å². The lowest BCUT2D eigenvalue weighted by Gasteiger charge is -2.28. The maximum Gasteiger partial charge on any atom is 0.324 e. The van der Waals surface area contributed by atoms with Crippen molar-refractivity contribution >= 4 is 69.0 Å². The van der Waals surface area contributed by atoms with E-state index < -0.39 is 23.9 Å². The van der Waals surface area contributed by atoms with Crippen LogP contribution in [0.5, 0.6) is 0 Å². The maximum absolute atomic E-state index is 13.8. The summed E-state index contributed by atoms with van der Waals surface area (Å²) >= 11 is 13.5. The number of ether oxygens (including phenoxy) is 1. The van der Waals surface area contributed by atoms with Gasteiger partial charge in [-0.25, -0.2) is 4.79 Å². The molecule has 1 aliphatic rings. The normalized spacial score (nSPS) is 16.1. The number of nitrogens with zero attached hydrogens (tertiary/aromatic N) is 1. The minimum atomic E-state index is -0.683. The number of thiophene rings is 1. The summed E-state index contributed by atoms with van der Waals surface area (Å²) in [5.74, 6) is -1.18. The van der Waals surface area contributed by atoms with Gasteiger partial charge in [-0.2, -0.15) is 0 Å². The molecule has 12 heteroatoms. The Morgan fingerprint density at radius 2 is 1.94 bits per heavy atom. The zero-order chi connectivity index (χ0) is 26.6. The third-order valence-corrected chi connectivity index (χ3v) is 7.85. The van der Waals surface area contributed by atoms with Crippen molar-refractivity contribution in [2.45, 2.75) is 45.1 Å². The first kappa shape index (κ1) is 27.8. The van der Waals surface area contributed by atoms with Crippen LogP contribution >= 0.6 is 34.5 Å². The second-order valence-corrected chi connectivity index (χ2v) is 11.1. The highest BCUT2D eigenvalue weighted by Gasteiger charge is 2.34. The molecule has 9 nitrogen and oxygen atoms in total. The van der Waals surface area contributed by atoms with E-state index in [-0.39, 0.29) is 52.9 Å². The lowest BCUT2D eigenvalue weighted by atomic mass is 9.94. The molecular formula is C24H28Cl2N4O5S. The second kappa shape index (κ2) is 11.5. The Balaban J connectivity index is 1.93. The van der Waals surface area contributed by atoms with Crippen molar-refractivity contribution in [3.05, 3.63) is 44.8 Å². The molecule has 0 radical (unpaired) electrons. The molecule has 3 N–H and O–H groups in total. The minimum absolute atomic E-state index is 0.0341. The van der Waals surface area contributed by atoms with Crippen LogP contribution < -0.4 is 16.0 Å². The monoisotopic (exact) mass is 554 g/mol. The maximum atomic E-state index is 13.8. The standard InChI is InChI=1S/C24H28Cl2N4O5S/c1-24(2,3)17-12-14(21(36-17)29-23(34)28-16-7-5-6-15(25)20(16)26)22(33)30-9-8-27-18(31)10-13(30)11-19(32)35-4/h5-7,12-13H,8-11H2,1-4H3,(H,27,31)(H2,28,29,34). The van der Waals surface area contributed by atoms with Crippen molar-refractivity contribution in [3.63, 3.8) is 0 Å². The van der Waals surface area contributed by atoms with Gasteiger partial charge in [0.25, 0.3) is 5.91 Å². The molecule has 0 aliphatic carbocycles. The van der Waals surface area contributed by atoms with Crippen LogP contribution in [0.15, 0.2) is 24.3 Å². The first-order valence-corrected chi connectivity index (χ1v) is 12.8. The fraction of sp³-hybridized carbons (Fsp3) is 0.417. The Morgan fingerprint density at radius 1 is 1.22 bits per heavy atom. The Morgan fingerprint density at radius 3 is 2.61 bits per heavy atom. The first-order chi connectivity index (χ1) is 16.9. The van der Waals surface area contributed by atoms with E-state index in [0.717, 1.165) is 4.88 Å². The van der Waals surface area contributed by atoms with Crippen LogP contribution in [0.4, 0.5) is 15.5 Å². The highest BCUT2D eigenvalue weighted by Crippen LogP contribution is 2.37. The molecule has 4 amide bonds. The van der Waals surface area contributed by atoms with Gasteiger partial charge < -0.3 is 20.3 Å². The largest absolute Gasteiger partial charge is 0.469 e. The van der Waals surface area contributed by atoms with Crippen molar-refractivity contribution in [1.82, 2.24) is 10.2 Å². The van der Waals surface area contributed by atoms with E-state index in [1.165, 1.54) is 23.3 Å². The molecule has 1 aliphatic heterocycles. The molecule has 1 saturated heterocycles. The van der Waals surface area contributed by atoms with Crippen molar-refractivity contribution in [1.29, 1.82) is 0 Å². The Labute approximate surface area is 223 Å². The Hall–Kier alpha value is -2.82. The van der Waals surface area contributed by atoms with Crippen molar-refractivity contribution in [3.8, 4) is 0 Å². The van der Waals surface area contributed by atoms with E-state index >= 15 is 0 Å². The number of rotatable bonds is 5. The SMILES string of the molecule is COC(=O)CC1CC(=O)NCCN1C(=O)c1cc(C(C)(C)C)sc1NC(=O)Nc1cccc(Cl)c1Cl. The quantitative estimate of drug-likeness (QED) is 0.455. The molecule has 2 aromatic rings. The van der Waals surface area contributed by atoms with Gasteiger partial charge in [-0.3, -0.25) is 19.7 Å². The van der Waals surface area contributed by atoms with Crippen LogP contribution in [0.1, 0.15) is 48.8 Å². The summed E-state index contributed by atoms with van der Waals surface area (Å²) in [5, 5.41) is 8.95. The van der Waals surface area contributed by atoms with Gasteiger partial charge in [0.1, 0.15) is 5.00 Å². The van der Waals surface area contributed by atoms with E-state index in [1.807, 2.05) is 20.8 Å².